The van der Waals surface area contributed by atoms with Crippen LogP contribution in [0.5, 0.6) is 0 Å². The standard InChI is InChI=1S/C9H7ClN2S2/c10-6-3-1-5(2-4-6)9-12-8(13)7(11)14-9/h1-4,13H,11H2. The number of nitrogens with two attached hydrogens (primary N) is 1. The number of hydrogen-bond donors (Lipinski definition) is 2. The molecule has 0 unspecified atom stereocenters. The van der Waals surface area contributed by atoms with Crippen LogP contribution in [-0.4, -0.2) is 4.98 Å². The summed E-state index contributed by atoms with van der Waals surface area (Å²) < 4.78 is 0. The molecule has 2 aromatic rings. The molecule has 0 atom stereocenters. The molecule has 0 aliphatic carbocycles. The smallest absolute Gasteiger partial charge is 0.128 e. The minimum atomic E-state index is 0.583. The van der Waals surface area contributed by atoms with Crippen LogP contribution in [0.25, 0.3) is 10.6 Å². The summed E-state index contributed by atoms with van der Waals surface area (Å²) in [6.45, 7) is 0. The minimum Gasteiger partial charge on any atom is -0.388 e. The van der Waals surface area contributed by atoms with E-state index >= 15 is 0 Å². The Balaban J connectivity index is 2.44. The summed E-state index contributed by atoms with van der Waals surface area (Å²) in [7, 11) is 0. The average molecular weight is 243 g/mol. The molecule has 0 aliphatic heterocycles. The van der Waals surface area contributed by atoms with Crippen LogP contribution >= 0.6 is 35.6 Å². The van der Waals surface area contributed by atoms with Gasteiger partial charge in [0.1, 0.15) is 15.0 Å². The normalized spacial score (nSPS) is 10.4. The Bertz CT molecular complexity index is 431. The fourth-order valence-electron chi connectivity index (χ4n) is 1.04. The molecular weight excluding hydrogens is 236 g/mol. The quantitative estimate of drug-likeness (QED) is 0.753. The summed E-state index contributed by atoms with van der Waals surface area (Å²) in [5, 5.41) is 2.80. The molecule has 0 saturated carbocycles. The van der Waals surface area contributed by atoms with E-state index in [1.54, 1.807) is 0 Å². The highest BCUT2D eigenvalue weighted by Crippen LogP contribution is 2.31. The van der Waals surface area contributed by atoms with Crippen molar-refractivity contribution >= 4 is 40.6 Å². The lowest BCUT2D eigenvalue weighted by Crippen LogP contribution is -1.78. The second kappa shape index (κ2) is 3.81. The van der Waals surface area contributed by atoms with E-state index in [1.165, 1.54) is 11.3 Å². The molecule has 72 valence electrons. The topological polar surface area (TPSA) is 38.9 Å². The van der Waals surface area contributed by atoms with Gasteiger partial charge in [0.2, 0.25) is 0 Å². The zero-order valence-electron chi connectivity index (χ0n) is 7.07. The number of halogens is 1. The van der Waals surface area contributed by atoms with Crippen molar-refractivity contribution in [1.29, 1.82) is 0 Å². The first-order valence-corrected chi connectivity index (χ1v) is 5.52. The SMILES string of the molecule is Nc1sc(-c2ccc(Cl)cc2)nc1S. The number of aromatic nitrogens is 1. The summed E-state index contributed by atoms with van der Waals surface area (Å²) in [6, 6.07) is 7.47. The molecule has 0 saturated heterocycles. The molecule has 14 heavy (non-hydrogen) atoms. The van der Waals surface area contributed by atoms with Crippen LogP contribution in [0.1, 0.15) is 0 Å². The largest absolute Gasteiger partial charge is 0.388 e. The molecule has 1 heterocycles. The Morgan fingerprint density at radius 2 is 1.93 bits per heavy atom. The van der Waals surface area contributed by atoms with Crippen LogP contribution in [0, 0.1) is 0 Å². The number of benzene rings is 1. The van der Waals surface area contributed by atoms with Crippen molar-refractivity contribution in [1.82, 2.24) is 4.98 Å². The number of nitrogen functional groups attached to an aromatic ring is 1. The molecule has 0 radical (unpaired) electrons. The predicted octanol–water partition coefficient (Wildman–Crippen LogP) is 3.33. The molecule has 2 rings (SSSR count). The molecule has 2 N–H and O–H groups in total. The first-order chi connectivity index (χ1) is 6.66. The van der Waals surface area contributed by atoms with E-state index in [4.69, 9.17) is 17.3 Å². The van der Waals surface area contributed by atoms with Crippen molar-refractivity contribution in [2.75, 3.05) is 5.73 Å². The van der Waals surface area contributed by atoms with E-state index in [9.17, 15) is 0 Å². The molecule has 1 aromatic carbocycles. The third-order valence-corrected chi connectivity index (χ3v) is 3.40. The minimum absolute atomic E-state index is 0.583. The van der Waals surface area contributed by atoms with Gasteiger partial charge in [-0.15, -0.1) is 12.6 Å². The molecular formula is C9H7ClN2S2. The summed E-state index contributed by atoms with van der Waals surface area (Å²) in [4.78, 5) is 4.22. The van der Waals surface area contributed by atoms with Gasteiger partial charge in [0.25, 0.3) is 0 Å². The van der Waals surface area contributed by atoms with Crippen LogP contribution < -0.4 is 5.73 Å². The maximum absolute atomic E-state index is 5.78. The van der Waals surface area contributed by atoms with E-state index in [0.717, 1.165) is 10.6 Å². The molecule has 0 amide bonds. The third kappa shape index (κ3) is 1.87. The summed E-state index contributed by atoms with van der Waals surface area (Å²) >= 11 is 11.3. The maximum Gasteiger partial charge on any atom is 0.128 e. The third-order valence-electron chi connectivity index (χ3n) is 1.73. The van der Waals surface area contributed by atoms with Crippen LogP contribution in [0.15, 0.2) is 29.3 Å². The second-order valence-corrected chi connectivity index (χ2v) is 4.60. The molecule has 0 fully saturated rings. The Morgan fingerprint density at radius 1 is 1.29 bits per heavy atom. The van der Waals surface area contributed by atoms with Gasteiger partial charge in [-0.2, -0.15) is 0 Å². The number of rotatable bonds is 1. The highest BCUT2D eigenvalue weighted by Gasteiger charge is 2.06. The fourth-order valence-corrected chi connectivity index (χ4v) is 2.21. The van der Waals surface area contributed by atoms with Crippen molar-refractivity contribution in [2.24, 2.45) is 0 Å². The lowest BCUT2D eigenvalue weighted by Gasteiger charge is -1.94. The van der Waals surface area contributed by atoms with E-state index < -0.39 is 0 Å². The monoisotopic (exact) mass is 242 g/mol. The zero-order valence-corrected chi connectivity index (χ0v) is 9.53. The lowest BCUT2D eigenvalue weighted by molar-refractivity contribution is 1.22. The Labute approximate surface area is 96.1 Å². The number of hydrogen-bond acceptors (Lipinski definition) is 4. The zero-order chi connectivity index (χ0) is 10.1. The van der Waals surface area contributed by atoms with Crippen molar-refractivity contribution in [3.8, 4) is 10.6 Å². The molecule has 5 heteroatoms. The number of thiol groups is 1. The highest BCUT2D eigenvalue weighted by molar-refractivity contribution is 7.80. The summed E-state index contributed by atoms with van der Waals surface area (Å²) in [5.41, 5.74) is 6.67. The Kier molecular flexibility index (Phi) is 2.67. The van der Waals surface area contributed by atoms with Gasteiger partial charge in [0, 0.05) is 10.6 Å². The van der Waals surface area contributed by atoms with Gasteiger partial charge in [0.05, 0.1) is 0 Å². The summed E-state index contributed by atoms with van der Waals surface area (Å²) in [5.74, 6) is 0. The van der Waals surface area contributed by atoms with Crippen LogP contribution in [0.2, 0.25) is 5.02 Å². The fraction of sp³-hybridized carbons (Fsp3) is 0. The van der Waals surface area contributed by atoms with E-state index in [-0.39, 0.29) is 0 Å². The van der Waals surface area contributed by atoms with Gasteiger partial charge in [-0.05, 0) is 12.1 Å². The maximum atomic E-state index is 5.78. The van der Waals surface area contributed by atoms with Gasteiger partial charge in [-0.3, -0.25) is 0 Å². The van der Waals surface area contributed by atoms with Gasteiger partial charge >= 0.3 is 0 Å². The average Bonchev–Trinajstić information content (AvgIpc) is 2.48. The predicted molar refractivity (Wildman–Crippen MR) is 64.2 cm³/mol. The second-order valence-electron chi connectivity index (χ2n) is 2.71. The molecule has 0 spiro atoms. The first kappa shape index (κ1) is 9.83. The van der Waals surface area contributed by atoms with Crippen molar-refractivity contribution < 1.29 is 0 Å². The van der Waals surface area contributed by atoms with Gasteiger partial charge in [-0.1, -0.05) is 35.1 Å². The van der Waals surface area contributed by atoms with Crippen molar-refractivity contribution in [3.63, 3.8) is 0 Å². The first-order valence-electron chi connectivity index (χ1n) is 3.88. The Hall–Kier alpha value is -0.710. The molecule has 0 bridgehead atoms. The van der Waals surface area contributed by atoms with Gasteiger partial charge < -0.3 is 5.73 Å². The summed E-state index contributed by atoms with van der Waals surface area (Å²) in [6.07, 6.45) is 0. The molecule has 2 nitrogen and oxygen atoms in total. The van der Waals surface area contributed by atoms with Crippen LogP contribution in [0.3, 0.4) is 0 Å². The van der Waals surface area contributed by atoms with Crippen molar-refractivity contribution in [3.05, 3.63) is 29.3 Å². The molecule has 1 aromatic heterocycles. The highest BCUT2D eigenvalue weighted by atomic mass is 35.5. The van der Waals surface area contributed by atoms with Crippen molar-refractivity contribution in [2.45, 2.75) is 5.03 Å². The number of anilines is 1. The van der Waals surface area contributed by atoms with E-state index in [0.29, 0.717) is 15.0 Å². The van der Waals surface area contributed by atoms with E-state index in [2.05, 4.69) is 17.6 Å². The number of nitrogens with zero attached hydrogens (tertiary/aromatic N) is 1. The Morgan fingerprint density at radius 3 is 2.43 bits per heavy atom. The lowest BCUT2D eigenvalue weighted by atomic mass is 10.2. The van der Waals surface area contributed by atoms with Crippen LogP contribution in [0.4, 0.5) is 5.00 Å². The van der Waals surface area contributed by atoms with Crippen LogP contribution in [-0.2, 0) is 0 Å². The number of thiazole rings is 1. The molecule has 0 aliphatic rings. The van der Waals surface area contributed by atoms with Gasteiger partial charge in [0.15, 0.2) is 0 Å². The van der Waals surface area contributed by atoms with E-state index in [1.807, 2.05) is 24.3 Å². The van der Waals surface area contributed by atoms with Gasteiger partial charge in [-0.25, -0.2) is 4.98 Å².